The van der Waals surface area contributed by atoms with Crippen molar-refractivity contribution in [2.24, 2.45) is 15.7 Å². The summed E-state index contributed by atoms with van der Waals surface area (Å²) in [5.41, 5.74) is 9.22. The molecule has 11 nitrogen and oxygen atoms in total. The first-order valence-corrected chi connectivity index (χ1v) is 15.4. The number of nitrogens with one attached hydrogen (secondary N) is 1. The van der Waals surface area contributed by atoms with Crippen LogP contribution in [-0.4, -0.2) is 65.2 Å². The summed E-state index contributed by atoms with van der Waals surface area (Å²) in [5, 5.41) is 3.06. The Morgan fingerprint density at radius 2 is 1.95 bits per heavy atom. The number of aliphatic imine (C=N–C) groups is 2. The van der Waals surface area contributed by atoms with E-state index in [4.69, 9.17) is 24.9 Å². The van der Waals surface area contributed by atoms with Crippen molar-refractivity contribution >= 4 is 35.3 Å². The average Bonchev–Trinajstić information content (AvgIpc) is 3.26. The number of rotatable bonds is 5. The highest BCUT2D eigenvalue weighted by atomic mass is 32.1. The van der Waals surface area contributed by atoms with Crippen molar-refractivity contribution in [3.05, 3.63) is 69.5 Å². The van der Waals surface area contributed by atoms with Gasteiger partial charge in [-0.1, -0.05) is 36.4 Å². The zero-order valence-corrected chi connectivity index (χ0v) is 26.4. The molecule has 3 heterocycles. The molecule has 2 aliphatic rings. The third-order valence-electron chi connectivity index (χ3n) is 6.79. The largest absolute Gasteiger partial charge is 0.492 e. The van der Waals surface area contributed by atoms with Crippen LogP contribution in [0, 0.1) is 0 Å². The molecule has 1 aromatic heterocycles. The minimum absolute atomic E-state index is 0. The monoisotopic (exact) mass is 620 g/mol. The lowest BCUT2D eigenvalue weighted by atomic mass is 9.90. The van der Waals surface area contributed by atoms with Crippen molar-refractivity contribution in [1.29, 1.82) is 0 Å². The lowest BCUT2D eigenvalue weighted by molar-refractivity contribution is 0.00818. The SMILES string of the molecule is CC(C)N=C(N=C(N)NC(=O)OCc1ccccc1)c1nc2c(s1)CCOc1cc(C3CN(C(=O)OC(C)(C)C)C3)ccc1-2.[HH]. The Labute approximate surface area is 262 Å². The number of amidine groups is 1. The van der Waals surface area contributed by atoms with Gasteiger partial charge in [0.1, 0.15) is 18.0 Å². The van der Waals surface area contributed by atoms with Gasteiger partial charge in [-0.3, -0.25) is 10.3 Å². The third-order valence-corrected chi connectivity index (χ3v) is 7.90. The first-order chi connectivity index (χ1) is 20.9. The fourth-order valence-electron chi connectivity index (χ4n) is 4.74. The smallest absolute Gasteiger partial charge is 0.414 e. The van der Waals surface area contributed by atoms with Gasteiger partial charge in [0.2, 0.25) is 5.96 Å². The molecular formula is C32H40N6O5S. The van der Waals surface area contributed by atoms with E-state index in [0.29, 0.717) is 37.0 Å². The predicted molar refractivity (Wildman–Crippen MR) is 172 cm³/mol. The van der Waals surface area contributed by atoms with Crippen LogP contribution in [0.15, 0.2) is 58.5 Å². The number of hydrogen-bond donors (Lipinski definition) is 2. The molecule has 0 aliphatic carbocycles. The summed E-state index contributed by atoms with van der Waals surface area (Å²) in [6.45, 7) is 11.3. The first-order valence-electron chi connectivity index (χ1n) is 14.6. The van der Waals surface area contributed by atoms with Gasteiger partial charge in [-0.2, -0.15) is 4.99 Å². The zero-order chi connectivity index (χ0) is 31.4. The number of carbonyl (C=O) groups is 2. The van der Waals surface area contributed by atoms with Crippen LogP contribution in [0.1, 0.15) is 63.0 Å². The lowest BCUT2D eigenvalue weighted by Gasteiger charge is -2.40. The van der Waals surface area contributed by atoms with Crippen LogP contribution in [0.5, 0.6) is 5.75 Å². The number of guanidine groups is 1. The number of hydrogen-bond acceptors (Lipinski definition) is 8. The summed E-state index contributed by atoms with van der Waals surface area (Å²) < 4.78 is 16.9. The Morgan fingerprint density at radius 3 is 2.66 bits per heavy atom. The van der Waals surface area contributed by atoms with E-state index in [1.165, 1.54) is 11.3 Å². The number of likely N-dealkylation sites (tertiary alicyclic amines) is 1. The van der Waals surface area contributed by atoms with Gasteiger partial charge in [0.15, 0.2) is 10.8 Å². The molecular weight excluding hydrogens is 580 g/mol. The molecule has 3 aromatic rings. The summed E-state index contributed by atoms with van der Waals surface area (Å²) in [7, 11) is 0. The van der Waals surface area contributed by atoms with Gasteiger partial charge in [-0.05, 0) is 57.9 Å². The number of fused-ring (bicyclic) bond motifs is 3. The van der Waals surface area contributed by atoms with Gasteiger partial charge >= 0.3 is 12.2 Å². The molecule has 0 spiro atoms. The van der Waals surface area contributed by atoms with Crippen LogP contribution in [0.2, 0.25) is 0 Å². The average molecular weight is 621 g/mol. The zero-order valence-electron chi connectivity index (χ0n) is 25.6. The maximum Gasteiger partial charge on any atom is 0.414 e. The van der Waals surface area contributed by atoms with Gasteiger partial charge in [0.05, 0.1) is 12.3 Å². The molecule has 234 valence electrons. The summed E-state index contributed by atoms with van der Waals surface area (Å²) in [5.74, 6) is 1.15. The topological polar surface area (TPSA) is 141 Å². The Bertz CT molecular complexity index is 1580. The molecule has 0 radical (unpaired) electrons. The third kappa shape index (κ3) is 7.73. The van der Waals surface area contributed by atoms with E-state index >= 15 is 0 Å². The van der Waals surface area contributed by atoms with E-state index in [9.17, 15) is 9.59 Å². The van der Waals surface area contributed by atoms with Crippen LogP contribution in [0.3, 0.4) is 0 Å². The number of nitrogens with zero attached hydrogens (tertiary/aromatic N) is 4. The molecule has 3 N–H and O–H groups in total. The van der Waals surface area contributed by atoms with Crippen LogP contribution < -0.4 is 15.8 Å². The van der Waals surface area contributed by atoms with Gasteiger partial charge < -0.3 is 24.8 Å². The van der Waals surface area contributed by atoms with Gasteiger partial charge in [0, 0.05) is 43.3 Å². The Hall–Kier alpha value is -4.45. The molecule has 5 rings (SSSR count). The van der Waals surface area contributed by atoms with Gasteiger partial charge in [-0.25, -0.2) is 14.6 Å². The maximum absolute atomic E-state index is 12.4. The molecule has 0 atom stereocenters. The standard InChI is InChI=1S/C32H38N6O5S.H2/c1-19(2)34-27(36-29(33)37-30(39)42-18-20-9-7-6-8-10-20)28-35-26-23-12-11-21(15-24(23)41-14-13-25(26)44-28)22-16-38(17-22)31(40)43-32(3,4)5;/h6-12,15,19,22H,13-14,16-18H2,1-5H3,(H3,33,34,36,37,39);1H. The second kappa shape index (κ2) is 13.0. The fourth-order valence-corrected chi connectivity index (χ4v) is 5.73. The van der Waals surface area contributed by atoms with Gasteiger partial charge in [-0.15, -0.1) is 11.3 Å². The van der Waals surface area contributed by atoms with Gasteiger partial charge in [0.25, 0.3) is 0 Å². The van der Waals surface area contributed by atoms with Crippen LogP contribution >= 0.6 is 11.3 Å². The summed E-state index contributed by atoms with van der Waals surface area (Å²) in [6.07, 6.45) is -0.331. The Morgan fingerprint density at radius 1 is 1.20 bits per heavy atom. The predicted octanol–water partition coefficient (Wildman–Crippen LogP) is 5.72. The first kappa shape index (κ1) is 31.0. The van der Waals surface area contributed by atoms with Crippen molar-refractivity contribution in [3.63, 3.8) is 0 Å². The number of ether oxygens (including phenoxy) is 3. The number of benzene rings is 2. The van der Waals surface area contributed by atoms with E-state index in [2.05, 4.69) is 21.4 Å². The van der Waals surface area contributed by atoms with Crippen molar-refractivity contribution < 1.29 is 25.2 Å². The molecule has 12 heteroatoms. The van der Waals surface area contributed by atoms with E-state index < -0.39 is 11.7 Å². The molecule has 0 unspecified atom stereocenters. The van der Waals surface area contributed by atoms with Crippen LogP contribution in [-0.2, 0) is 22.5 Å². The molecule has 0 bridgehead atoms. The highest BCUT2D eigenvalue weighted by molar-refractivity contribution is 7.14. The number of thiazole rings is 1. The van der Waals surface area contributed by atoms with Crippen molar-refractivity contribution in [3.8, 4) is 17.0 Å². The fraction of sp³-hybridized carbons (Fsp3) is 0.406. The quantitative estimate of drug-likeness (QED) is 0.275. The van der Waals surface area contributed by atoms with Crippen molar-refractivity contribution in [1.82, 2.24) is 15.2 Å². The molecule has 44 heavy (non-hydrogen) atoms. The minimum Gasteiger partial charge on any atom is -0.492 e. The summed E-state index contributed by atoms with van der Waals surface area (Å²) >= 11 is 1.48. The second-order valence-corrected chi connectivity index (χ2v) is 13.0. The van der Waals surface area contributed by atoms with E-state index in [-0.39, 0.29) is 32.0 Å². The Kier molecular flexibility index (Phi) is 9.19. The van der Waals surface area contributed by atoms with Crippen LogP contribution in [0.25, 0.3) is 11.3 Å². The number of amides is 2. The number of aromatic nitrogens is 1. The summed E-state index contributed by atoms with van der Waals surface area (Å²) in [6, 6.07) is 15.4. The molecule has 2 aromatic carbocycles. The van der Waals surface area contributed by atoms with Crippen LogP contribution in [0.4, 0.5) is 9.59 Å². The number of nitrogens with two attached hydrogens (primary N) is 1. The minimum atomic E-state index is -0.712. The van der Waals surface area contributed by atoms with E-state index in [1.54, 1.807) is 4.90 Å². The maximum atomic E-state index is 12.4. The normalized spacial score (nSPS) is 15.5. The highest BCUT2D eigenvalue weighted by Crippen LogP contribution is 2.40. The second-order valence-electron chi connectivity index (χ2n) is 12.0. The summed E-state index contributed by atoms with van der Waals surface area (Å²) in [4.78, 5) is 41.4. The molecule has 2 amide bonds. The lowest BCUT2D eigenvalue weighted by Crippen LogP contribution is -2.50. The van der Waals surface area contributed by atoms with Crippen molar-refractivity contribution in [2.75, 3.05) is 19.7 Å². The molecule has 1 saturated heterocycles. The molecule has 0 saturated carbocycles. The number of alkyl carbamates (subject to hydrolysis) is 1. The van der Waals surface area contributed by atoms with E-state index in [1.807, 2.05) is 77.1 Å². The van der Waals surface area contributed by atoms with E-state index in [0.717, 1.165) is 33.0 Å². The molecule has 1 fully saturated rings. The van der Waals surface area contributed by atoms with Crippen molar-refractivity contribution in [2.45, 2.75) is 65.2 Å². The highest BCUT2D eigenvalue weighted by Gasteiger charge is 2.35. The Balaban J connectivity index is 0.00000461. The number of carbonyl (C=O) groups excluding carboxylic acids is 2. The molecule has 2 aliphatic heterocycles.